The van der Waals surface area contributed by atoms with Crippen LogP contribution in [0.15, 0.2) is 71.2 Å². The van der Waals surface area contributed by atoms with Crippen molar-refractivity contribution in [3.05, 3.63) is 82.6 Å². The van der Waals surface area contributed by atoms with Crippen molar-refractivity contribution in [1.82, 2.24) is 15.0 Å². The summed E-state index contributed by atoms with van der Waals surface area (Å²) in [7, 11) is 0. The van der Waals surface area contributed by atoms with E-state index in [0.29, 0.717) is 23.0 Å². The first kappa shape index (κ1) is 18.4. The van der Waals surface area contributed by atoms with Gasteiger partial charge in [-0.2, -0.15) is 0 Å². The third-order valence-electron chi connectivity index (χ3n) is 4.30. The molecular weight excluding hydrogens is 416 g/mol. The zero-order valence-corrected chi connectivity index (χ0v) is 17.1. The molecule has 1 N–H and O–H groups in total. The van der Waals surface area contributed by atoms with Crippen LogP contribution in [0.2, 0.25) is 0 Å². The van der Waals surface area contributed by atoms with Gasteiger partial charge in [-0.15, -0.1) is 0 Å². The maximum Gasteiger partial charge on any atom is 0.220 e. The Kier molecular flexibility index (Phi) is 5.21. The Morgan fingerprint density at radius 2 is 1.75 bits per heavy atom. The summed E-state index contributed by atoms with van der Waals surface area (Å²) >= 11 is 3.53. The van der Waals surface area contributed by atoms with Crippen LogP contribution in [0.4, 0.5) is 5.82 Å². The monoisotopic (exact) mass is 434 g/mol. The third-order valence-corrected chi connectivity index (χ3v) is 4.79. The van der Waals surface area contributed by atoms with Crippen molar-refractivity contribution in [2.24, 2.45) is 0 Å². The Morgan fingerprint density at radius 3 is 2.54 bits per heavy atom. The molecule has 0 spiro atoms. The quantitative estimate of drug-likeness (QED) is 0.413. The zero-order chi connectivity index (χ0) is 19.5. The maximum absolute atomic E-state index is 5.88. The fourth-order valence-electron chi connectivity index (χ4n) is 2.94. The summed E-state index contributed by atoms with van der Waals surface area (Å²) in [5.74, 6) is 2.62. The van der Waals surface area contributed by atoms with Gasteiger partial charge >= 0.3 is 0 Å². The molecule has 6 heteroatoms. The molecule has 1 atom stereocenters. The lowest BCUT2D eigenvalue weighted by atomic mass is 10.1. The summed E-state index contributed by atoms with van der Waals surface area (Å²) < 4.78 is 6.92. The molecule has 0 radical (unpaired) electrons. The minimum absolute atomic E-state index is 0.0514. The second kappa shape index (κ2) is 7.94. The minimum Gasteiger partial charge on any atom is -0.439 e. The number of pyridine rings is 1. The van der Waals surface area contributed by atoms with E-state index < -0.39 is 0 Å². The number of nitrogens with zero attached hydrogens (tertiary/aromatic N) is 3. The first-order valence-electron chi connectivity index (χ1n) is 8.99. The average molecular weight is 435 g/mol. The first-order valence-corrected chi connectivity index (χ1v) is 9.78. The van der Waals surface area contributed by atoms with Gasteiger partial charge in [0.2, 0.25) is 5.88 Å². The molecule has 0 saturated heterocycles. The third kappa shape index (κ3) is 4.12. The summed E-state index contributed by atoms with van der Waals surface area (Å²) in [6, 6.07) is 21.6. The number of aryl methyl sites for hydroxylation is 1. The Labute approximate surface area is 172 Å². The van der Waals surface area contributed by atoms with Gasteiger partial charge in [0.15, 0.2) is 5.82 Å². The lowest BCUT2D eigenvalue weighted by molar-refractivity contribution is 0.465. The molecule has 0 saturated carbocycles. The maximum atomic E-state index is 5.88. The number of halogens is 1. The number of nitrogens with one attached hydrogen (secondary N) is 1. The molecule has 0 bridgehead atoms. The van der Waals surface area contributed by atoms with Crippen molar-refractivity contribution in [3.63, 3.8) is 0 Å². The average Bonchev–Trinajstić information content (AvgIpc) is 2.69. The van der Waals surface area contributed by atoms with Crippen LogP contribution in [0.3, 0.4) is 0 Å². The Balaban J connectivity index is 1.69. The number of hydrogen-bond acceptors (Lipinski definition) is 5. The molecule has 2 heterocycles. The van der Waals surface area contributed by atoms with Crippen molar-refractivity contribution in [1.29, 1.82) is 0 Å². The lowest BCUT2D eigenvalue weighted by Crippen LogP contribution is -2.10. The Hall–Kier alpha value is -2.99. The van der Waals surface area contributed by atoms with Crippen LogP contribution in [0.1, 0.15) is 24.4 Å². The second-order valence-electron chi connectivity index (χ2n) is 6.47. The van der Waals surface area contributed by atoms with Gasteiger partial charge in [-0.1, -0.05) is 46.3 Å². The molecular formula is C22H19BrN4O. The van der Waals surface area contributed by atoms with Crippen LogP contribution in [0.25, 0.3) is 11.0 Å². The van der Waals surface area contributed by atoms with E-state index >= 15 is 0 Å². The van der Waals surface area contributed by atoms with E-state index in [2.05, 4.69) is 55.3 Å². The predicted octanol–water partition coefficient (Wildman–Crippen LogP) is 6.06. The van der Waals surface area contributed by atoms with Crippen LogP contribution in [-0.2, 0) is 0 Å². The van der Waals surface area contributed by atoms with Gasteiger partial charge in [-0.05, 0) is 49.7 Å². The molecule has 0 aliphatic carbocycles. The molecule has 2 aromatic heterocycles. The van der Waals surface area contributed by atoms with E-state index in [1.54, 1.807) is 0 Å². The molecule has 28 heavy (non-hydrogen) atoms. The van der Waals surface area contributed by atoms with Gasteiger partial charge in [0.1, 0.15) is 17.1 Å². The van der Waals surface area contributed by atoms with Gasteiger partial charge in [0, 0.05) is 10.5 Å². The van der Waals surface area contributed by atoms with E-state index in [-0.39, 0.29) is 6.04 Å². The van der Waals surface area contributed by atoms with Crippen LogP contribution < -0.4 is 10.1 Å². The summed E-state index contributed by atoms with van der Waals surface area (Å²) in [6.07, 6.45) is 0. The summed E-state index contributed by atoms with van der Waals surface area (Å²) in [6.45, 7) is 3.97. The molecule has 0 fully saturated rings. The van der Waals surface area contributed by atoms with Gasteiger partial charge in [0.05, 0.1) is 11.6 Å². The molecule has 0 aliphatic rings. The van der Waals surface area contributed by atoms with Crippen LogP contribution >= 0.6 is 15.9 Å². The Morgan fingerprint density at radius 1 is 0.929 bits per heavy atom. The summed E-state index contributed by atoms with van der Waals surface area (Å²) in [5.41, 5.74) is 2.60. The number of aromatic nitrogens is 3. The SMILES string of the molecule is Cc1nc(NC(C)c2cccc(Br)c2)c2nc(Oc3ccccc3)ccc2n1. The van der Waals surface area contributed by atoms with Crippen molar-refractivity contribution in [3.8, 4) is 11.6 Å². The smallest absolute Gasteiger partial charge is 0.220 e. The number of benzene rings is 2. The topological polar surface area (TPSA) is 59.9 Å². The number of anilines is 1. The van der Waals surface area contributed by atoms with Gasteiger partial charge in [-0.25, -0.2) is 15.0 Å². The van der Waals surface area contributed by atoms with Crippen molar-refractivity contribution < 1.29 is 4.74 Å². The van der Waals surface area contributed by atoms with Crippen LogP contribution in [0, 0.1) is 6.92 Å². The van der Waals surface area contributed by atoms with Crippen molar-refractivity contribution >= 4 is 32.8 Å². The van der Waals surface area contributed by atoms with Gasteiger partial charge in [0.25, 0.3) is 0 Å². The number of rotatable bonds is 5. The molecule has 1 unspecified atom stereocenters. The second-order valence-corrected chi connectivity index (χ2v) is 7.39. The van der Waals surface area contributed by atoms with Gasteiger partial charge in [-0.3, -0.25) is 0 Å². The molecule has 0 amide bonds. The highest BCUT2D eigenvalue weighted by atomic mass is 79.9. The van der Waals surface area contributed by atoms with E-state index in [1.807, 2.05) is 61.5 Å². The zero-order valence-electron chi connectivity index (χ0n) is 15.6. The predicted molar refractivity (Wildman–Crippen MR) is 115 cm³/mol. The summed E-state index contributed by atoms with van der Waals surface area (Å²) in [4.78, 5) is 13.7. The molecule has 0 aliphatic heterocycles. The van der Waals surface area contributed by atoms with Crippen LogP contribution in [-0.4, -0.2) is 15.0 Å². The minimum atomic E-state index is 0.0514. The molecule has 4 aromatic rings. The first-order chi connectivity index (χ1) is 13.6. The van der Waals surface area contributed by atoms with E-state index in [1.165, 1.54) is 0 Å². The molecule has 5 nitrogen and oxygen atoms in total. The van der Waals surface area contributed by atoms with Gasteiger partial charge < -0.3 is 10.1 Å². The number of hydrogen-bond donors (Lipinski definition) is 1. The largest absolute Gasteiger partial charge is 0.439 e. The van der Waals surface area contributed by atoms with Crippen LogP contribution in [0.5, 0.6) is 11.6 Å². The highest BCUT2D eigenvalue weighted by Crippen LogP contribution is 2.28. The standard InChI is InChI=1S/C22H19BrN4O/c1-14(16-7-6-8-17(23)13-16)24-22-21-19(25-15(2)26-22)11-12-20(27-21)28-18-9-4-3-5-10-18/h3-14H,1-2H3,(H,24,25,26). The molecule has 4 rings (SSSR count). The number of para-hydroxylation sites is 1. The molecule has 140 valence electrons. The fraction of sp³-hybridized carbons (Fsp3) is 0.136. The summed E-state index contributed by atoms with van der Waals surface area (Å²) in [5, 5.41) is 3.47. The number of fused-ring (bicyclic) bond motifs is 1. The van der Waals surface area contributed by atoms with E-state index in [9.17, 15) is 0 Å². The highest BCUT2D eigenvalue weighted by molar-refractivity contribution is 9.10. The van der Waals surface area contributed by atoms with Crippen molar-refractivity contribution in [2.75, 3.05) is 5.32 Å². The van der Waals surface area contributed by atoms with E-state index in [0.717, 1.165) is 21.3 Å². The highest BCUT2D eigenvalue weighted by Gasteiger charge is 2.13. The van der Waals surface area contributed by atoms with Crippen molar-refractivity contribution in [2.45, 2.75) is 19.9 Å². The number of ether oxygens (including phenoxy) is 1. The fourth-order valence-corrected chi connectivity index (χ4v) is 3.36. The van der Waals surface area contributed by atoms with E-state index in [4.69, 9.17) is 4.74 Å². The lowest BCUT2D eigenvalue weighted by Gasteiger charge is -2.17. The Bertz CT molecular complexity index is 1120. The normalized spacial score (nSPS) is 12.0. The molecule has 2 aromatic carbocycles.